The number of halogens is 1. The molecule has 1 saturated heterocycles. The Hall–Kier alpha value is -1.49. The predicted molar refractivity (Wildman–Crippen MR) is 107 cm³/mol. The maximum Gasteiger partial charge on any atom is 0.238 e. The van der Waals surface area contributed by atoms with E-state index in [4.69, 9.17) is 17.3 Å². The van der Waals surface area contributed by atoms with Crippen LogP contribution >= 0.6 is 24.4 Å². The van der Waals surface area contributed by atoms with Crippen molar-refractivity contribution in [3.63, 3.8) is 0 Å². The largest absolute Gasteiger partial charge is 0.367 e. The van der Waals surface area contributed by atoms with Gasteiger partial charge in [0.15, 0.2) is 0 Å². The molecule has 26 heavy (non-hydrogen) atoms. The van der Waals surface area contributed by atoms with Gasteiger partial charge in [-0.3, -0.25) is 4.31 Å². The number of anilines is 1. The van der Waals surface area contributed by atoms with Crippen LogP contribution in [0.15, 0.2) is 6.20 Å². The zero-order valence-electron chi connectivity index (χ0n) is 15.1. The topological polar surface area (TPSA) is 83.2 Å². The van der Waals surface area contributed by atoms with E-state index in [1.807, 2.05) is 0 Å². The third-order valence-corrected chi connectivity index (χ3v) is 6.36. The van der Waals surface area contributed by atoms with Crippen LogP contribution in [-0.2, 0) is 5.41 Å². The van der Waals surface area contributed by atoms with Crippen LogP contribution in [0.3, 0.4) is 0 Å². The van der Waals surface area contributed by atoms with Crippen molar-refractivity contribution in [2.24, 2.45) is 0 Å². The van der Waals surface area contributed by atoms with Gasteiger partial charge < -0.3 is 5.73 Å². The molecular weight excluding hydrogens is 368 g/mol. The maximum atomic E-state index is 9.42. The summed E-state index contributed by atoms with van der Waals surface area (Å²) in [6.07, 6.45) is 9.91. The van der Waals surface area contributed by atoms with E-state index in [1.54, 1.807) is 10.7 Å². The van der Waals surface area contributed by atoms with E-state index in [1.165, 1.54) is 38.8 Å². The van der Waals surface area contributed by atoms with Crippen LogP contribution in [0.1, 0.15) is 63.1 Å². The molecule has 0 atom stereocenters. The van der Waals surface area contributed by atoms with Crippen molar-refractivity contribution >= 4 is 35.9 Å². The number of aromatic nitrogens is 3. The number of hydrogen-bond donors (Lipinski definition) is 2. The lowest BCUT2D eigenvalue weighted by atomic mass is 9.64. The molecule has 2 aliphatic rings. The Morgan fingerprint density at radius 3 is 2.46 bits per heavy atom. The summed E-state index contributed by atoms with van der Waals surface area (Å²) in [5.74, 6) is 0.190. The summed E-state index contributed by atoms with van der Waals surface area (Å²) >= 11 is 10.5. The fourth-order valence-electron chi connectivity index (χ4n) is 3.85. The number of piperidine rings is 1. The van der Waals surface area contributed by atoms with Gasteiger partial charge in [0.25, 0.3) is 0 Å². The summed E-state index contributed by atoms with van der Waals surface area (Å²) in [5, 5.41) is 14.1. The zero-order valence-corrected chi connectivity index (χ0v) is 16.7. The second-order valence-electron chi connectivity index (χ2n) is 7.06. The average Bonchev–Trinajstić information content (AvgIpc) is 2.88. The quantitative estimate of drug-likeness (QED) is 0.755. The molecule has 0 bridgehead atoms. The number of thiol groups is 1. The summed E-state index contributed by atoms with van der Waals surface area (Å²) in [4.78, 5) is 3.96. The Morgan fingerprint density at radius 1 is 1.31 bits per heavy atom. The molecule has 0 spiro atoms. The first-order valence-corrected chi connectivity index (χ1v) is 9.97. The van der Waals surface area contributed by atoms with Gasteiger partial charge in [0.05, 0.1) is 22.5 Å². The van der Waals surface area contributed by atoms with Gasteiger partial charge >= 0.3 is 0 Å². The second kappa shape index (κ2) is 8.03. The lowest BCUT2D eigenvalue weighted by Gasteiger charge is -2.41. The van der Waals surface area contributed by atoms with Crippen LogP contribution in [0.2, 0.25) is 5.02 Å². The molecule has 8 heteroatoms. The minimum Gasteiger partial charge on any atom is -0.367 e. The fourth-order valence-corrected chi connectivity index (χ4v) is 4.40. The third kappa shape index (κ3) is 3.51. The van der Waals surface area contributed by atoms with Gasteiger partial charge in [0.2, 0.25) is 5.95 Å². The number of nitriles is 1. The highest BCUT2D eigenvalue weighted by Gasteiger charge is 2.42. The lowest BCUT2D eigenvalue weighted by molar-refractivity contribution is 0.224. The summed E-state index contributed by atoms with van der Waals surface area (Å²) in [7, 11) is 0. The van der Waals surface area contributed by atoms with E-state index < -0.39 is 0 Å². The highest BCUT2D eigenvalue weighted by Crippen LogP contribution is 2.49. The molecule has 1 aliphatic carbocycles. The van der Waals surface area contributed by atoms with Crippen LogP contribution in [0.4, 0.5) is 5.95 Å². The molecule has 4 rings (SSSR count). The van der Waals surface area contributed by atoms with E-state index in [9.17, 15) is 5.26 Å². The molecule has 0 aromatic carbocycles. The van der Waals surface area contributed by atoms with E-state index in [0.29, 0.717) is 16.1 Å². The Labute approximate surface area is 164 Å². The van der Waals surface area contributed by atoms with Gasteiger partial charge in [-0.15, -0.1) is 5.10 Å². The first kappa shape index (κ1) is 19.3. The van der Waals surface area contributed by atoms with Crippen LogP contribution in [0, 0.1) is 11.3 Å². The number of nitrogen functional groups attached to an aromatic ring is 1. The minimum absolute atomic E-state index is 0.00190. The van der Waals surface area contributed by atoms with Gasteiger partial charge in [-0.2, -0.15) is 5.26 Å². The number of hydrogen-bond acceptors (Lipinski definition) is 6. The number of rotatable bonds is 2. The first-order valence-electron chi connectivity index (χ1n) is 9.19. The molecule has 2 aromatic rings. The van der Waals surface area contributed by atoms with Crippen molar-refractivity contribution in [3.8, 4) is 6.07 Å². The minimum atomic E-state index is 0.00190. The summed E-state index contributed by atoms with van der Waals surface area (Å²) in [5.41, 5.74) is 7.74. The summed E-state index contributed by atoms with van der Waals surface area (Å²) in [6.45, 7) is 4.50. The molecule has 2 fully saturated rings. The van der Waals surface area contributed by atoms with Crippen molar-refractivity contribution < 1.29 is 0 Å². The van der Waals surface area contributed by atoms with Crippen molar-refractivity contribution in [2.45, 2.75) is 57.3 Å². The van der Waals surface area contributed by atoms with Crippen molar-refractivity contribution in [1.82, 2.24) is 18.9 Å². The van der Waals surface area contributed by atoms with Crippen molar-refractivity contribution in [3.05, 3.63) is 22.5 Å². The fraction of sp³-hybridized carbons (Fsp3) is 0.611. The lowest BCUT2D eigenvalue weighted by Crippen LogP contribution is -2.35. The molecule has 0 amide bonds. The smallest absolute Gasteiger partial charge is 0.238 e. The molecule has 2 N–H and O–H groups in total. The molecule has 0 radical (unpaired) electrons. The van der Waals surface area contributed by atoms with E-state index in [2.05, 4.69) is 40.2 Å². The van der Waals surface area contributed by atoms with E-state index >= 15 is 0 Å². The Morgan fingerprint density at radius 2 is 2.00 bits per heavy atom. The standard InChI is InChI=1S/C13H14ClN5.C5H11NS/c1-2-13(4-3-5-13)11-8(6-15)10(14)9-7-17-12(16)18-19(9)11;7-6-4-2-1-3-5-6/h7H,2-5H2,1H3,(H2,16,18);7H,1-5H2. The third-order valence-electron chi connectivity index (χ3n) is 5.58. The van der Waals surface area contributed by atoms with E-state index in [0.717, 1.165) is 25.0 Å². The molecule has 1 aliphatic heterocycles. The van der Waals surface area contributed by atoms with Crippen LogP contribution < -0.4 is 5.73 Å². The Kier molecular flexibility index (Phi) is 5.96. The summed E-state index contributed by atoms with van der Waals surface area (Å²) in [6, 6.07) is 2.22. The molecular formula is C18H25ClN6S. The molecule has 1 saturated carbocycles. The highest BCUT2D eigenvalue weighted by atomic mass is 35.5. The predicted octanol–water partition coefficient (Wildman–Crippen LogP) is 3.99. The van der Waals surface area contributed by atoms with E-state index in [-0.39, 0.29) is 11.4 Å². The number of nitrogens with two attached hydrogens (primary N) is 1. The van der Waals surface area contributed by atoms with Gasteiger partial charge in [0, 0.05) is 18.5 Å². The molecule has 0 unspecified atom stereocenters. The SMILES string of the molecule is CCC1(c2c(C#N)c(Cl)c3cnc(N)nn23)CCC1.SN1CCCCC1. The number of nitrogens with zero attached hydrogens (tertiary/aromatic N) is 5. The van der Waals surface area contributed by atoms with Gasteiger partial charge in [0.1, 0.15) is 11.6 Å². The van der Waals surface area contributed by atoms with Crippen LogP contribution in [-0.4, -0.2) is 32.0 Å². The normalized spacial score (nSPS) is 19.3. The maximum absolute atomic E-state index is 9.42. The van der Waals surface area contributed by atoms with Crippen LogP contribution in [0.5, 0.6) is 0 Å². The monoisotopic (exact) mass is 392 g/mol. The molecule has 2 aromatic heterocycles. The van der Waals surface area contributed by atoms with Crippen molar-refractivity contribution in [1.29, 1.82) is 5.26 Å². The number of fused-ring (bicyclic) bond motifs is 1. The molecule has 6 nitrogen and oxygen atoms in total. The molecule has 3 heterocycles. The Bertz CT molecular complexity index is 812. The second-order valence-corrected chi connectivity index (χ2v) is 8.01. The first-order chi connectivity index (χ1) is 12.5. The van der Waals surface area contributed by atoms with Gasteiger partial charge in [-0.25, -0.2) is 9.50 Å². The van der Waals surface area contributed by atoms with Crippen molar-refractivity contribution in [2.75, 3.05) is 18.8 Å². The zero-order chi connectivity index (χ0) is 18.7. The highest BCUT2D eigenvalue weighted by molar-refractivity contribution is 7.77. The van der Waals surface area contributed by atoms with Crippen LogP contribution in [0.25, 0.3) is 5.52 Å². The summed E-state index contributed by atoms with van der Waals surface area (Å²) < 4.78 is 3.80. The molecule has 140 valence electrons. The van der Waals surface area contributed by atoms with Gasteiger partial charge in [-0.05, 0) is 32.1 Å². The average molecular weight is 393 g/mol. The van der Waals surface area contributed by atoms with Gasteiger partial charge in [-0.1, -0.05) is 44.2 Å². The Balaban J connectivity index is 0.000000236.